The third-order valence-electron chi connectivity index (χ3n) is 2.79. The summed E-state index contributed by atoms with van der Waals surface area (Å²) in [6, 6.07) is 2.92. The molecule has 6 heteroatoms. The summed E-state index contributed by atoms with van der Waals surface area (Å²) < 4.78 is 0. The lowest BCUT2D eigenvalue weighted by Crippen LogP contribution is -2.53. The number of carbonyl (C=O) groups is 3. The summed E-state index contributed by atoms with van der Waals surface area (Å²) in [5.74, 6) is -0.946. The Morgan fingerprint density at radius 3 is 2.78 bits per heavy atom. The Labute approximate surface area is 109 Å². The van der Waals surface area contributed by atoms with Crippen LogP contribution in [0.4, 0.5) is 4.79 Å². The molecule has 0 bridgehead atoms. The lowest BCUT2D eigenvalue weighted by molar-refractivity contribution is -0.137. The first-order valence-electron chi connectivity index (χ1n) is 5.82. The van der Waals surface area contributed by atoms with Gasteiger partial charge >= 0.3 is 6.03 Å². The molecule has 4 amide bonds. The first-order valence-corrected chi connectivity index (χ1v) is 6.70. The molecule has 1 saturated heterocycles. The average Bonchev–Trinajstić information content (AvgIpc) is 2.79. The van der Waals surface area contributed by atoms with E-state index < -0.39 is 17.8 Å². The number of hydrogen-bond acceptors (Lipinski definition) is 4. The highest BCUT2D eigenvalue weighted by atomic mass is 32.1. The van der Waals surface area contributed by atoms with Crippen LogP contribution < -0.4 is 5.32 Å². The van der Waals surface area contributed by atoms with Crippen molar-refractivity contribution in [2.24, 2.45) is 0 Å². The van der Waals surface area contributed by atoms with Crippen molar-refractivity contribution >= 4 is 29.2 Å². The quantitative estimate of drug-likeness (QED) is 0.848. The van der Waals surface area contributed by atoms with Gasteiger partial charge in [-0.25, -0.2) is 4.79 Å². The van der Waals surface area contributed by atoms with E-state index in [1.165, 1.54) is 16.2 Å². The van der Waals surface area contributed by atoms with Crippen LogP contribution in [0, 0.1) is 0 Å². The molecule has 0 aliphatic carbocycles. The standard InChI is InChI=1S/C12H14N2O3S/c1-2-4-8(9-5-3-6-18-9)14-11(16)7-10(15)13-12(14)17/h3,5-6,8H,2,4,7H2,1H3,(H,13,15,17). The minimum Gasteiger partial charge on any atom is -0.277 e. The molecule has 0 spiro atoms. The summed E-state index contributed by atoms with van der Waals surface area (Å²) in [4.78, 5) is 36.9. The summed E-state index contributed by atoms with van der Waals surface area (Å²) in [5.41, 5.74) is 0. The zero-order chi connectivity index (χ0) is 13.1. The first kappa shape index (κ1) is 12.8. The summed E-state index contributed by atoms with van der Waals surface area (Å²) in [6.07, 6.45) is 1.30. The van der Waals surface area contributed by atoms with E-state index in [0.29, 0.717) is 6.42 Å². The van der Waals surface area contributed by atoms with E-state index in [0.717, 1.165) is 11.3 Å². The Kier molecular flexibility index (Phi) is 3.76. The Hall–Kier alpha value is -1.69. The fraction of sp³-hybridized carbons (Fsp3) is 0.417. The molecule has 0 aromatic carbocycles. The second-order valence-corrected chi connectivity index (χ2v) is 5.09. The number of hydrogen-bond donors (Lipinski definition) is 1. The molecule has 1 atom stereocenters. The van der Waals surface area contributed by atoms with Crippen molar-refractivity contribution in [1.29, 1.82) is 0 Å². The molecule has 0 radical (unpaired) electrons. The molecular formula is C12H14N2O3S. The van der Waals surface area contributed by atoms with Crippen LogP contribution in [-0.4, -0.2) is 22.7 Å². The number of rotatable bonds is 4. The van der Waals surface area contributed by atoms with Gasteiger partial charge < -0.3 is 0 Å². The van der Waals surface area contributed by atoms with Crippen LogP contribution in [0.25, 0.3) is 0 Å². The van der Waals surface area contributed by atoms with E-state index >= 15 is 0 Å². The third-order valence-corrected chi connectivity index (χ3v) is 3.76. The summed E-state index contributed by atoms with van der Waals surface area (Å²) in [7, 11) is 0. The van der Waals surface area contributed by atoms with Crippen LogP contribution in [0.1, 0.15) is 37.1 Å². The first-order chi connectivity index (χ1) is 8.63. The van der Waals surface area contributed by atoms with Crippen LogP contribution in [0.2, 0.25) is 0 Å². The largest absolute Gasteiger partial charge is 0.331 e. The highest BCUT2D eigenvalue weighted by Crippen LogP contribution is 2.30. The van der Waals surface area contributed by atoms with Crippen molar-refractivity contribution in [3.63, 3.8) is 0 Å². The van der Waals surface area contributed by atoms with Crippen molar-refractivity contribution in [2.45, 2.75) is 32.2 Å². The van der Waals surface area contributed by atoms with Gasteiger partial charge in [0.2, 0.25) is 11.8 Å². The molecule has 1 aliphatic heterocycles. The van der Waals surface area contributed by atoms with Crippen LogP contribution in [-0.2, 0) is 9.59 Å². The predicted octanol–water partition coefficient (Wildman–Crippen LogP) is 2.06. The van der Waals surface area contributed by atoms with Crippen molar-refractivity contribution in [3.8, 4) is 0 Å². The van der Waals surface area contributed by atoms with E-state index in [1.807, 2.05) is 24.4 Å². The minimum atomic E-state index is -0.608. The molecule has 1 aliphatic rings. The average molecular weight is 266 g/mol. The topological polar surface area (TPSA) is 66.5 Å². The van der Waals surface area contributed by atoms with E-state index in [2.05, 4.69) is 5.32 Å². The molecule has 1 N–H and O–H groups in total. The molecule has 0 saturated carbocycles. The van der Waals surface area contributed by atoms with E-state index in [4.69, 9.17) is 0 Å². The van der Waals surface area contributed by atoms with Crippen LogP contribution in [0.15, 0.2) is 17.5 Å². The van der Waals surface area contributed by atoms with Gasteiger partial charge in [-0.05, 0) is 17.9 Å². The molecule has 2 rings (SSSR count). The van der Waals surface area contributed by atoms with Gasteiger partial charge in [-0.2, -0.15) is 0 Å². The highest BCUT2D eigenvalue weighted by Gasteiger charge is 2.36. The second kappa shape index (κ2) is 5.30. The molecule has 1 fully saturated rings. The van der Waals surface area contributed by atoms with Crippen LogP contribution >= 0.6 is 11.3 Å². The molecule has 1 aromatic heterocycles. The molecule has 96 valence electrons. The monoisotopic (exact) mass is 266 g/mol. The second-order valence-electron chi connectivity index (χ2n) is 4.11. The third kappa shape index (κ3) is 2.43. The Morgan fingerprint density at radius 1 is 1.44 bits per heavy atom. The molecule has 2 heterocycles. The Morgan fingerprint density at radius 2 is 2.22 bits per heavy atom. The van der Waals surface area contributed by atoms with Gasteiger partial charge in [0, 0.05) is 4.88 Å². The molecular weight excluding hydrogens is 252 g/mol. The summed E-state index contributed by atoms with van der Waals surface area (Å²) in [6.45, 7) is 2.00. The normalized spacial score (nSPS) is 17.8. The minimum absolute atomic E-state index is 0.253. The van der Waals surface area contributed by atoms with Crippen molar-refractivity contribution < 1.29 is 14.4 Å². The lowest BCUT2D eigenvalue weighted by Gasteiger charge is -2.31. The number of carbonyl (C=O) groups excluding carboxylic acids is 3. The number of urea groups is 1. The number of thiophene rings is 1. The Bertz CT molecular complexity index is 450. The van der Waals surface area contributed by atoms with Gasteiger partial charge in [-0.1, -0.05) is 19.4 Å². The maximum atomic E-state index is 11.9. The van der Waals surface area contributed by atoms with Gasteiger partial charge in [-0.3, -0.25) is 19.8 Å². The highest BCUT2D eigenvalue weighted by molar-refractivity contribution is 7.10. The number of amides is 4. The van der Waals surface area contributed by atoms with Gasteiger partial charge in [0.25, 0.3) is 0 Å². The zero-order valence-electron chi connectivity index (χ0n) is 10.0. The fourth-order valence-corrected chi connectivity index (χ4v) is 2.88. The van der Waals surface area contributed by atoms with E-state index in [-0.39, 0.29) is 12.5 Å². The molecule has 1 unspecified atom stereocenters. The smallest absolute Gasteiger partial charge is 0.277 e. The maximum Gasteiger partial charge on any atom is 0.331 e. The SMILES string of the molecule is CCCC(c1cccs1)N1C(=O)CC(=O)NC1=O. The number of nitrogens with one attached hydrogen (secondary N) is 1. The van der Waals surface area contributed by atoms with Gasteiger partial charge in [0.1, 0.15) is 6.42 Å². The molecule has 18 heavy (non-hydrogen) atoms. The Balaban J connectivity index is 2.27. The lowest BCUT2D eigenvalue weighted by atomic mass is 10.1. The zero-order valence-corrected chi connectivity index (χ0v) is 10.8. The number of nitrogens with zero attached hydrogens (tertiary/aromatic N) is 1. The van der Waals surface area contributed by atoms with Crippen molar-refractivity contribution in [1.82, 2.24) is 10.2 Å². The number of imide groups is 2. The van der Waals surface area contributed by atoms with Crippen molar-refractivity contribution in [2.75, 3.05) is 0 Å². The fourth-order valence-electron chi connectivity index (χ4n) is 2.03. The maximum absolute atomic E-state index is 11.9. The number of barbiturate groups is 1. The summed E-state index contributed by atoms with van der Waals surface area (Å²) >= 11 is 1.51. The molecule has 5 nitrogen and oxygen atoms in total. The van der Waals surface area contributed by atoms with Crippen molar-refractivity contribution in [3.05, 3.63) is 22.4 Å². The predicted molar refractivity (Wildman–Crippen MR) is 67.0 cm³/mol. The van der Waals surface area contributed by atoms with E-state index in [1.54, 1.807) is 0 Å². The summed E-state index contributed by atoms with van der Waals surface area (Å²) in [5, 5.41) is 4.10. The van der Waals surface area contributed by atoms with Gasteiger partial charge in [0.15, 0.2) is 0 Å². The van der Waals surface area contributed by atoms with Crippen LogP contribution in [0.3, 0.4) is 0 Å². The van der Waals surface area contributed by atoms with Crippen LogP contribution in [0.5, 0.6) is 0 Å². The van der Waals surface area contributed by atoms with E-state index in [9.17, 15) is 14.4 Å². The van der Waals surface area contributed by atoms with Gasteiger partial charge in [-0.15, -0.1) is 11.3 Å². The molecule has 1 aromatic rings. The van der Waals surface area contributed by atoms with Gasteiger partial charge in [0.05, 0.1) is 6.04 Å².